The van der Waals surface area contributed by atoms with Crippen LogP contribution in [0.2, 0.25) is 0 Å². The summed E-state index contributed by atoms with van der Waals surface area (Å²) in [4.78, 5) is 18.2. The molecule has 2 N–H and O–H groups in total. The molecule has 0 fully saturated rings. The summed E-state index contributed by atoms with van der Waals surface area (Å²) in [6.07, 6.45) is 0. The molecule has 0 aromatic heterocycles. The van der Waals surface area contributed by atoms with Gasteiger partial charge in [-0.2, -0.15) is 0 Å². The first-order valence-corrected chi connectivity index (χ1v) is 7.65. The molecule has 2 rings (SSSR count). The van der Waals surface area contributed by atoms with Crippen LogP contribution in [-0.4, -0.2) is 9.79 Å². The summed E-state index contributed by atoms with van der Waals surface area (Å²) in [5.74, 6) is 0. The van der Waals surface area contributed by atoms with Crippen LogP contribution in [0, 0.1) is 0 Å². The van der Waals surface area contributed by atoms with Crippen LogP contribution in [0.15, 0.2) is 54.6 Å². The highest BCUT2D eigenvalue weighted by molar-refractivity contribution is 7.60. The highest BCUT2D eigenvalue weighted by Gasteiger charge is 2.24. The minimum Gasteiger partial charge on any atom is -0.321 e. The second kappa shape index (κ2) is 4.93. The molecule has 0 amide bonds. The third-order valence-electron chi connectivity index (χ3n) is 3.42. The Morgan fingerprint density at radius 2 is 1.32 bits per heavy atom. The van der Waals surface area contributed by atoms with Gasteiger partial charge in [0.1, 0.15) is 0 Å². The molecule has 0 bridgehead atoms. The van der Waals surface area contributed by atoms with Crippen LogP contribution in [-0.2, 0) is 9.98 Å². The molecule has 2 aromatic carbocycles. The van der Waals surface area contributed by atoms with Gasteiger partial charge in [0, 0.05) is 5.41 Å². The van der Waals surface area contributed by atoms with Crippen molar-refractivity contribution in [3.8, 4) is 0 Å². The van der Waals surface area contributed by atoms with E-state index in [2.05, 4.69) is 26.0 Å². The highest BCUT2D eigenvalue weighted by Crippen LogP contribution is 2.35. The highest BCUT2D eigenvalue weighted by atomic mass is 31.2. The van der Waals surface area contributed by atoms with Crippen molar-refractivity contribution in [2.45, 2.75) is 19.3 Å². The topological polar surface area (TPSA) is 57.5 Å². The lowest BCUT2D eigenvalue weighted by atomic mass is 9.78. The van der Waals surface area contributed by atoms with Crippen LogP contribution in [0.5, 0.6) is 0 Å². The largest absolute Gasteiger partial charge is 0.356 e. The van der Waals surface area contributed by atoms with Crippen LogP contribution in [0.3, 0.4) is 0 Å². The minimum atomic E-state index is -4.16. The number of benzene rings is 2. The van der Waals surface area contributed by atoms with Gasteiger partial charge in [-0.05, 0) is 23.3 Å². The van der Waals surface area contributed by atoms with E-state index in [0.29, 0.717) is 0 Å². The maximum atomic E-state index is 11.2. The maximum absolute atomic E-state index is 11.2. The Morgan fingerprint density at radius 1 is 0.842 bits per heavy atom. The van der Waals surface area contributed by atoms with Gasteiger partial charge in [0.25, 0.3) is 0 Å². The van der Waals surface area contributed by atoms with E-state index in [9.17, 15) is 4.57 Å². The second-order valence-corrected chi connectivity index (χ2v) is 6.69. The lowest BCUT2D eigenvalue weighted by molar-refractivity contribution is 0.387. The van der Waals surface area contributed by atoms with Crippen molar-refractivity contribution >= 4 is 12.9 Å². The molecule has 0 saturated heterocycles. The molecule has 0 spiro atoms. The summed E-state index contributed by atoms with van der Waals surface area (Å²) in [5, 5.41) is 0.0557. The quantitative estimate of drug-likeness (QED) is 0.847. The molecule has 0 aliphatic rings. The van der Waals surface area contributed by atoms with Gasteiger partial charge in [-0.25, -0.2) is 0 Å². The summed E-state index contributed by atoms with van der Waals surface area (Å²) in [6.45, 7) is 4.18. The lowest BCUT2D eigenvalue weighted by Gasteiger charge is -2.26. The second-order valence-electron chi connectivity index (χ2n) is 5.08. The summed E-state index contributed by atoms with van der Waals surface area (Å²) in [6, 6.07) is 16.6. The Bertz CT molecular complexity index is 597. The molecule has 0 saturated carbocycles. The Morgan fingerprint density at radius 3 is 1.79 bits per heavy atom. The number of rotatable bonds is 3. The van der Waals surface area contributed by atoms with Gasteiger partial charge in [0.15, 0.2) is 0 Å². The summed E-state index contributed by atoms with van der Waals surface area (Å²) >= 11 is 0. The first kappa shape index (κ1) is 14.0. The van der Waals surface area contributed by atoms with E-state index in [-0.39, 0.29) is 10.7 Å². The third-order valence-corrected chi connectivity index (χ3v) is 4.39. The zero-order chi connectivity index (χ0) is 14.1. The van der Waals surface area contributed by atoms with E-state index < -0.39 is 7.60 Å². The van der Waals surface area contributed by atoms with Gasteiger partial charge in [-0.15, -0.1) is 0 Å². The average Bonchev–Trinajstić information content (AvgIpc) is 2.39. The van der Waals surface area contributed by atoms with E-state index in [0.717, 1.165) is 5.56 Å². The SMILES string of the molecule is CC(C)(c1ccccc1)c1ccc(P(=O)(O)O)cc1. The fourth-order valence-electron chi connectivity index (χ4n) is 2.09. The summed E-state index contributed by atoms with van der Waals surface area (Å²) < 4.78 is 11.2. The van der Waals surface area contributed by atoms with E-state index >= 15 is 0 Å². The Kier molecular flexibility index (Phi) is 3.64. The zero-order valence-electron chi connectivity index (χ0n) is 10.9. The molecule has 2 aromatic rings. The zero-order valence-corrected chi connectivity index (χ0v) is 11.8. The van der Waals surface area contributed by atoms with E-state index in [1.807, 2.05) is 18.2 Å². The number of hydrogen-bond acceptors (Lipinski definition) is 1. The summed E-state index contributed by atoms with van der Waals surface area (Å²) in [7, 11) is -4.16. The smallest absolute Gasteiger partial charge is 0.321 e. The van der Waals surface area contributed by atoms with Crippen LogP contribution >= 0.6 is 7.60 Å². The molecule has 19 heavy (non-hydrogen) atoms. The van der Waals surface area contributed by atoms with E-state index in [1.165, 1.54) is 17.7 Å². The van der Waals surface area contributed by atoms with Crippen molar-refractivity contribution in [2.24, 2.45) is 0 Å². The van der Waals surface area contributed by atoms with Crippen molar-refractivity contribution in [3.63, 3.8) is 0 Å². The van der Waals surface area contributed by atoms with Crippen molar-refractivity contribution in [3.05, 3.63) is 65.7 Å². The van der Waals surface area contributed by atoms with Gasteiger partial charge < -0.3 is 9.79 Å². The average molecular weight is 276 g/mol. The third kappa shape index (κ3) is 2.95. The van der Waals surface area contributed by atoms with E-state index in [1.54, 1.807) is 12.1 Å². The minimum absolute atomic E-state index is 0.0557. The van der Waals surface area contributed by atoms with Crippen LogP contribution in [0.4, 0.5) is 0 Å². The van der Waals surface area contributed by atoms with Gasteiger partial charge in [0.05, 0.1) is 5.30 Å². The van der Waals surface area contributed by atoms with Crippen molar-refractivity contribution in [1.29, 1.82) is 0 Å². The predicted octanol–water partition coefficient (Wildman–Crippen LogP) is 2.82. The van der Waals surface area contributed by atoms with Gasteiger partial charge >= 0.3 is 7.60 Å². The standard InChI is InChI=1S/C15H17O3P/c1-15(2,12-6-4-3-5-7-12)13-8-10-14(11-9-13)19(16,17)18/h3-11H,1-2H3,(H2,16,17,18). The molecule has 0 aliphatic heterocycles. The van der Waals surface area contributed by atoms with Gasteiger partial charge in [-0.1, -0.05) is 56.3 Å². The van der Waals surface area contributed by atoms with Gasteiger partial charge in [0.2, 0.25) is 0 Å². The van der Waals surface area contributed by atoms with Crippen molar-refractivity contribution in [2.75, 3.05) is 0 Å². The molecule has 4 heteroatoms. The monoisotopic (exact) mass is 276 g/mol. The van der Waals surface area contributed by atoms with Crippen LogP contribution in [0.25, 0.3) is 0 Å². The van der Waals surface area contributed by atoms with E-state index in [4.69, 9.17) is 9.79 Å². The maximum Gasteiger partial charge on any atom is 0.356 e. The predicted molar refractivity (Wildman–Crippen MR) is 76.7 cm³/mol. The fourth-order valence-corrected chi connectivity index (χ4v) is 2.63. The van der Waals surface area contributed by atoms with Crippen molar-refractivity contribution < 1.29 is 14.4 Å². The summed E-state index contributed by atoms with van der Waals surface area (Å²) in [5.41, 5.74) is 1.99. The normalized spacial score (nSPS) is 12.4. The molecule has 0 aliphatic carbocycles. The number of hydrogen-bond donors (Lipinski definition) is 2. The fraction of sp³-hybridized carbons (Fsp3) is 0.200. The molecule has 0 radical (unpaired) electrons. The molecular weight excluding hydrogens is 259 g/mol. The van der Waals surface area contributed by atoms with Crippen LogP contribution < -0.4 is 5.30 Å². The Labute approximate surface area is 113 Å². The molecule has 0 atom stereocenters. The first-order valence-electron chi connectivity index (χ1n) is 6.04. The van der Waals surface area contributed by atoms with Gasteiger partial charge in [-0.3, -0.25) is 4.57 Å². The molecule has 100 valence electrons. The molecule has 3 nitrogen and oxygen atoms in total. The van der Waals surface area contributed by atoms with Crippen LogP contribution in [0.1, 0.15) is 25.0 Å². The first-order chi connectivity index (χ1) is 8.82. The molecule has 0 heterocycles. The molecule has 0 unspecified atom stereocenters. The Hall–Kier alpha value is -1.41. The van der Waals surface area contributed by atoms with Crippen molar-refractivity contribution in [1.82, 2.24) is 0 Å². The Balaban J connectivity index is 2.40. The lowest BCUT2D eigenvalue weighted by Crippen LogP contribution is -2.19. The molecular formula is C15H17O3P.